The van der Waals surface area contributed by atoms with Gasteiger partial charge < -0.3 is 9.84 Å². The zero-order valence-electron chi connectivity index (χ0n) is 11.4. The second-order valence-electron chi connectivity index (χ2n) is 4.65. The average molecular weight is 230 g/mol. The standard InChI is InChI=1S/C14H30O2/c1-4-7-9-13(5-2)12-14(15)10-8-11-16-6-3/h13-15H,4-12H2,1-3H3. The summed E-state index contributed by atoms with van der Waals surface area (Å²) in [6.07, 6.45) is 7.76. The summed E-state index contributed by atoms with van der Waals surface area (Å²) in [6.45, 7) is 8.04. The van der Waals surface area contributed by atoms with Gasteiger partial charge in [-0.3, -0.25) is 0 Å². The Morgan fingerprint density at radius 3 is 2.38 bits per heavy atom. The van der Waals surface area contributed by atoms with Crippen molar-refractivity contribution < 1.29 is 9.84 Å². The van der Waals surface area contributed by atoms with Crippen LogP contribution in [-0.2, 0) is 4.74 Å². The van der Waals surface area contributed by atoms with Gasteiger partial charge in [0, 0.05) is 13.2 Å². The van der Waals surface area contributed by atoms with E-state index in [1.54, 1.807) is 0 Å². The molecule has 0 spiro atoms. The lowest BCUT2D eigenvalue weighted by Crippen LogP contribution is -2.14. The number of unbranched alkanes of at least 4 members (excludes halogenated alkanes) is 1. The van der Waals surface area contributed by atoms with Crippen LogP contribution in [0.2, 0.25) is 0 Å². The summed E-state index contributed by atoms with van der Waals surface area (Å²) < 4.78 is 5.27. The quantitative estimate of drug-likeness (QED) is 0.547. The van der Waals surface area contributed by atoms with Crippen LogP contribution in [0.25, 0.3) is 0 Å². The van der Waals surface area contributed by atoms with Crippen LogP contribution in [0.1, 0.15) is 65.7 Å². The molecule has 16 heavy (non-hydrogen) atoms. The van der Waals surface area contributed by atoms with E-state index in [0.29, 0.717) is 5.92 Å². The van der Waals surface area contributed by atoms with Gasteiger partial charge in [-0.1, -0.05) is 39.5 Å². The Morgan fingerprint density at radius 1 is 1.06 bits per heavy atom. The second-order valence-corrected chi connectivity index (χ2v) is 4.65. The highest BCUT2D eigenvalue weighted by Crippen LogP contribution is 2.20. The maximum Gasteiger partial charge on any atom is 0.0543 e. The zero-order chi connectivity index (χ0) is 12.2. The largest absolute Gasteiger partial charge is 0.393 e. The molecule has 98 valence electrons. The van der Waals surface area contributed by atoms with Crippen LogP contribution in [0, 0.1) is 5.92 Å². The van der Waals surface area contributed by atoms with Crippen molar-refractivity contribution in [1.82, 2.24) is 0 Å². The van der Waals surface area contributed by atoms with E-state index in [9.17, 15) is 5.11 Å². The smallest absolute Gasteiger partial charge is 0.0543 e. The van der Waals surface area contributed by atoms with Gasteiger partial charge in [-0.15, -0.1) is 0 Å². The third-order valence-corrected chi connectivity index (χ3v) is 3.18. The van der Waals surface area contributed by atoms with E-state index in [2.05, 4.69) is 13.8 Å². The molecule has 1 N–H and O–H groups in total. The zero-order valence-corrected chi connectivity index (χ0v) is 11.4. The fourth-order valence-electron chi connectivity index (χ4n) is 2.05. The molecule has 0 radical (unpaired) electrons. The van der Waals surface area contributed by atoms with Gasteiger partial charge in [-0.25, -0.2) is 0 Å². The lowest BCUT2D eigenvalue weighted by molar-refractivity contribution is 0.0982. The summed E-state index contributed by atoms with van der Waals surface area (Å²) in [7, 11) is 0. The molecule has 2 nitrogen and oxygen atoms in total. The second kappa shape index (κ2) is 11.4. The van der Waals surface area contributed by atoms with Crippen molar-refractivity contribution in [1.29, 1.82) is 0 Å². The Bertz CT molecular complexity index is 137. The molecule has 0 fully saturated rings. The Balaban J connectivity index is 3.53. The first kappa shape index (κ1) is 15.9. The number of ether oxygens (including phenoxy) is 1. The summed E-state index contributed by atoms with van der Waals surface area (Å²) in [5.41, 5.74) is 0. The van der Waals surface area contributed by atoms with Crippen molar-refractivity contribution in [2.24, 2.45) is 5.92 Å². The van der Waals surface area contributed by atoms with Crippen LogP contribution in [0.5, 0.6) is 0 Å². The molecule has 2 heteroatoms. The number of hydrogen-bond donors (Lipinski definition) is 1. The molecule has 0 amide bonds. The third kappa shape index (κ3) is 9.17. The molecule has 0 aromatic heterocycles. The molecule has 0 saturated heterocycles. The van der Waals surface area contributed by atoms with Crippen LogP contribution < -0.4 is 0 Å². The molecule has 0 aliphatic carbocycles. The van der Waals surface area contributed by atoms with Crippen LogP contribution in [0.3, 0.4) is 0 Å². The lowest BCUT2D eigenvalue weighted by atomic mass is 9.92. The molecule has 0 aliphatic rings. The Kier molecular flexibility index (Phi) is 11.3. The summed E-state index contributed by atoms with van der Waals surface area (Å²) in [4.78, 5) is 0. The summed E-state index contributed by atoms with van der Waals surface area (Å²) >= 11 is 0. The minimum absolute atomic E-state index is 0.123. The molecule has 0 bridgehead atoms. The predicted octanol–water partition coefficient (Wildman–Crippen LogP) is 3.77. The molecular formula is C14H30O2. The summed E-state index contributed by atoms with van der Waals surface area (Å²) in [6, 6.07) is 0. The predicted molar refractivity (Wildman–Crippen MR) is 69.7 cm³/mol. The van der Waals surface area contributed by atoms with E-state index in [4.69, 9.17) is 4.74 Å². The van der Waals surface area contributed by atoms with Gasteiger partial charge >= 0.3 is 0 Å². The normalized spacial score (nSPS) is 15.0. The van der Waals surface area contributed by atoms with Gasteiger partial charge in [-0.05, 0) is 32.1 Å². The first-order valence-corrected chi connectivity index (χ1v) is 7.00. The van der Waals surface area contributed by atoms with E-state index in [-0.39, 0.29) is 6.10 Å². The molecule has 2 atom stereocenters. The van der Waals surface area contributed by atoms with E-state index in [0.717, 1.165) is 32.5 Å². The van der Waals surface area contributed by atoms with Crippen LogP contribution in [0.15, 0.2) is 0 Å². The van der Waals surface area contributed by atoms with Crippen LogP contribution in [0.4, 0.5) is 0 Å². The summed E-state index contributed by atoms with van der Waals surface area (Å²) in [5, 5.41) is 9.89. The van der Waals surface area contributed by atoms with Gasteiger partial charge in [0.05, 0.1) is 6.10 Å². The maximum atomic E-state index is 9.89. The molecule has 0 heterocycles. The lowest BCUT2D eigenvalue weighted by Gasteiger charge is -2.18. The average Bonchev–Trinajstić information content (AvgIpc) is 2.30. The maximum absolute atomic E-state index is 9.89. The van der Waals surface area contributed by atoms with Crippen molar-refractivity contribution in [2.75, 3.05) is 13.2 Å². The third-order valence-electron chi connectivity index (χ3n) is 3.18. The fraction of sp³-hybridized carbons (Fsp3) is 1.00. The molecule has 2 unspecified atom stereocenters. The number of rotatable bonds is 11. The molecule has 0 aromatic rings. The Labute approximate surface area is 101 Å². The first-order valence-electron chi connectivity index (χ1n) is 7.00. The van der Waals surface area contributed by atoms with Crippen molar-refractivity contribution in [3.8, 4) is 0 Å². The van der Waals surface area contributed by atoms with Crippen molar-refractivity contribution >= 4 is 0 Å². The highest BCUT2D eigenvalue weighted by atomic mass is 16.5. The molecule has 0 rings (SSSR count). The van der Waals surface area contributed by atoms with Gasteiger partial charge in [0.2, 0.25) is 0 Å². The number of hydrogen-bond acceptors (Lipinski definition) is 2. The van der Waals surface area contributed by atoms with E-state index >= 15 is 0 Å². The van der Waals surface area contributed by atoms with Crippen LogP contribution >= 0.6 is 0 Å². The van der Waals surface area contributed by atoms with Gasteiger partial charge in [0.1, 0.15) is 0 Å². The number of aliphatic hydroxyl groups is 1. The van der Waals surface area contributed by atoms with E-state index in [1.165, 1.54) is 25.7 Å². The van der Waals surface area contributed by atoms with Crippen molar-refractivity contribution in [3.63, 3.8) is 0 Å². The van der Waals surface area contributed by atoms with E-state index in [1.807, 2.05) is 6.92 Å². The molecule has 0 aromatic carbocycles. The Morgan fingerprint density at radius 2 is 1.81 bits per heavy atom. The minimum Gasteiger partial charge on any atom is -0.393 e. The number of aliphatic hydroxyl groups excluding tert-OH is 1. The summed E-state index contributed by atoms with van der Waals surface area (Å²) in [5.74, 6) is 0.710. The topological polar surface area (TPSA) is 29.5 Å². The van der Waals surface area contributed by atoms with Crippen LogP contribution in [-0.4, -0.2) is 24.4 Å². The highest BCUT2D eigenvalue weighted by molar-refractivity contribution is 4.64. The molecule has 0 aliphatic heterocycles. The minimum atomic E-state index is -0.123. The highest BCUT2D eigenvalue weighted by Gasteiger charge is 2.12. The molecule has 0 saturated carbocycles. The van der Waals surface area contributed by atoms with E-state index < -0.39 is 0 Å². The fourth-order valence-corrected chi connectivity index (χ4v) is 2.05. The SMILES string of the molecule is CCCCC(CC)CC(O)CCCOCC. The molecular weight excluding hydrogens is 200 g/mol. The Hall–Kier alpha value is -0.0800. The van der Waals surface area contributed by atoms with Gasteiger partial charge in [0.25, 0.3) is 0 Å². The van der Waals surface area contributed by atoms with Crippen molar-refractivity contribution in [3.05, 3.63) is 0 Å². The van der Waals surface area contributed by atoms with Gasteiger partial charge in [-0.2, -0.15) is 0 Å². The van der Waals surface area contributed by atoms with Crippen molar-refractivity contribution in [2.45, 2.75) is 71.8 Å². The first-order chi connectivity index (χ1) is 7.74. The monoisotopic (exact) mass is 230 g/mol. The van der Waals surface area contributed by atoms with Gasteiger partial charge in [0.15, 0.2) is 0 Å².